The average molecular weight is 355 g/mol. The summed E-state index contributed by atoms with van der Waals surface area (Å²) in [6.07, 6.45) is 0. The molecule has 0 aliphatic heterocycles. The van der Waals surface area contributed by atoms with Gasteiger partial charge in [-0.2, -0.15) is 0 Å². The Morgan fingerprint density at radius 2 is 1.71 bits per heavy atom. The van der Waals surface area contributed by atoms with Gasteiger partial charge in [-0.05, 0) is 50.4 Å². The summed E-state index contributed by atoms with van der Waals surface area (Å²) in [6.45, 7) is 16.4. The lowest BCUT2D eigenvalue weighted by molar-refractivity contribution is 0.220. The number of rotatable bonds is 5. The van der Waals surface area contributed by atoms with Crippen LogP contribution < -0.4 is 5.32 Å². The van der Waals surface area contributed by atoms with E-state index >= 15 is 0 Å². The minimum absolute atomic E-state index is 0.151. The van der Waals surface area contributed by atoms with Gasteiger partial charge < -0.3 is 10.2 Å². The zero-order valence-corrected chi connectivity index (χ0v) is 16.3. The second-order valence-electron chi connectivity index (χ2n) is 8.26. The van der Waals surface area contributed by atoms with E-state index in [0.29, 0.717) is 5.41 Å². The predicted molar refractivity (Wildman–Crippen MR) is 96.5 cm³/mol. The van der Waals surface area contributed by atoms with Gasteiger partial charge in [-0.25, -0.2) is 0 Å². The summed E-state index contributed by atoms with van der Waals surface area (Å²) in [5.41, 5.74) is 3.15. The first-order chi connectivity index (χ1) is 9.46. The third-order valence-electron chi connectivity index (χ3n) is 3.12. The normalized spacial score (nSPS) is 13.0. The molecule has 0 aromatic heterocycles. The Bertz CT molecular complexity index is 455. The Kier molecular flexibility index (Phi) is 6.45. The van der Waals surface area contributed by atoms with E-state index in [1.165, 1.54) is 15.6 Å². The maximum atomic E-state index is 3.72. The topological polar surface area (TPSA) is 15.3 Å². The molecule has 1 rings (SSSR count). The number of nitrogens with one attached hydrogen (secondary N) is 1. The van der Waals surface area contributed by atoms with Crippen LogP contribution in [-0.4, -0.2) is 24.0 Å². The van der Waals surface area contributed by atoms with Crippen molar-refractivity contribution in [2.75, 3.05) is 13.6 Å². The first kappa shape index (κ1) is 18.7. The molecule has 0 saturated heterocycles. The lowest BCUT2D eigenvalue weighted by Crippen LogP contribution is -2.35. The zero-order chi connectivity index (χ0) is 16.3. The SMILES string of the molecule is CN(Cc1ccc(CNC(C)(C)C)cc1Br)CC(C)(C)C. The van der Waals surface area contributed by atoms with E-state index in [9.17, 15) is 0 Å². The van der Waals surface area contributed by atoms with Crippen molar-refractivity contribution in [3.63, 3.8) is 0 Å². The molecule has 1 N–H and O–H groups in total. The Balaban J connectivity index is 2.66. The lowest BCUT2D eigenvalue weighted by atomic mass is 9.96. The van der Waals surface area contributed by atoms with Gasteiger partial charge in [0, 0.05) is 29.6 Å². The molecule has 0 radical (unpaired) electrons. The third kappa shape index (κ3) is 7.98. The monoisotopic (exact) mass is 354 g/mol. The minimum Gasteiger partial charge on any atom is -0.308 e. The summed E-state index contributed by atoms with van der Waals surface area (Å²) in [5.74, 6) is 0. The summed E-state index contributed by atoms with van der Waals surface area (Å²) in [5, 5.41) is 3.53. The summed E-state index contributed by atoms with van der Waals surface area (Å²) >= 11 is 3.72. The molecule has 21 heavy (non-hydrogen) atoms. The standard InChI is InChI=1S/C18H31BrN2/c1-17(2,3)13-21(7)12-15-9-8-14(10-16(15)19)11-20-18(4,5)6/h8-10,20H,11-13H2,1-7H3. The van der Waals surface area contributed by atoms with Crippen LogP contribution in [0.25, 0.3) is 0 Å². The molecule has 0 fully saturated rings. The van der Waals surface area contributed by atoms with E-state index in [2.05, 4.69) is 92.9 Å². The van der Waals surface area contributed by atoms with Gasteiger partial charge in [0.15, 0.2) is 0 Å². The highest BCUT2D eigenvalue weighted by Crippen LogP contribution is 2.22. The molecule has 0 aliphatic carbocycles. The predicted octanol–water partition coefficient (Wildman–Crippen LogP) is 4.82. The Labute approximate surface area is 139 Å². The molecule has 0 saturated carbocycles. The fraction of sp³-hybridized carbons (Fsp3) is 0.667. The van der Waals surface area contributed by atoms with E-state index in [-0.39, 0.29) is 5.54 Å². The van der Waals surface area contributed by atoms with Crippen molar-refractivity contribution in [2.45, 2.75) is 60.2 Å². The molecule has 3 heteroatoms. The van der Waals surface area contributed by atoms with Crippen molar-refractivity contribution in [3.8, 4) is 0 Å². The zero-order valence-electron chi connectivity index (χ0n) is 14.7. The van der Waals surface area contributed by atoms with Crippen molar-refractivity contribution in [1.29, 1.82) is 0 Å². The minimum atomic E-state index is 0.151. The first-order valence-electron chi connectivity index (χ1n) is 7.67. The number of hydrogen-bond donors (Lipinski definition) is 1. The largest absolute Gasteiger partial charge is 0.308 e. The van der Waals surface area contributed by atoms with Gasteiger partial charge in [0.1, 0.15) is 0 Å². The van der Waals surface area contributed by atoms with Gasteiger partial charge in [-0.15, -0.1) is 0 Å². The van der Waals surface area contributed by atoms with Crippen LogP contribution in [0, 0.1) is 5.41 Å². The molecule has 0 amide bonds. The van der Waals surface area contributed by atoms with Crippen LogP contribution in [-0.2, 0) is 13.1 Å². The van der Waals surface area contributed by atoms with E-state index < -0.39 is 0 Å². The van der Waals surface area contributed by atoms with Crippen molar-refractivity contribution in [1.82, 2.24) is 10.2 Å². The van der Waals surface area contributed by atoms with Crippen LogP contribution in [0.5, 0.6) is 0 Å². The van der Waals surface area contributed by atoms with E-state index in [1.54, 1.807) is 0 Å². The molecule has 0 unspecified atom stereocenters. The molecular formula is C18H31BrN2. The smallest absolute Gasteiger partial charge is 0.0242 e. The number of hydrogen-bond acceptors (Lipinski definition) is 2. The van der Waals surface area contributed by atoms with Gasteiger partial charge in [-0.3, -0.25) is 0 Å². The summed E-state index contributed by atoms with van der Waals surface area (Å²) in [4.78, 5) is 2.38. The van der Waals surface area contributed by atoms with Crippen LogP contribution in [0.3, 0.4) is 0 Å². The summed E-state index contributed by atoms with van der Waals surface area (Å²) in [7, 11) is 2.19. The van der Waals surface area contributed by atoms with E-state index in [4.69, 9.17) is 0 Å². The molecule has 1 aromatic rings. The van der Waals surface area contributed by atoms with E-state index in [0.717, 1.165) is 19.6 Å². The third-order valence-corrected chi connectivity index (χ3v) is 3.86. The van der Waals surface area contributed by atoms with Gasteiger partial charge in [0.05, 0.1) is 0 Å². The first-order valence-corrected chi connectivity index (χ1v) is 8.46. The number of nitrogens with zero attached hydrogens (tertiary/aromatic N) is 1. The van der Waals surface area contributed by atoms with Crippen LogP contribution in [0.15, 0.2) is 22.7 Å². The molecule has 0 bridgehead atoms. The van der Waals surface area contributed by atoms with Crippen molar-refractivity contribution in [3.05, 3.63) is 33.8 Å². The van der Waals surface area contributed by atoms with Crippen LogP contribution in [0.2, 0.25) is 0 Å². The fourth-order valence-corrected chi connectivity index (χ4v) is 2.90. The average Bonchev–Trinajstić information content (AvgIpc) is 2.26. The maximum absolute atomic E-state index is 3.72. The van der Waals surface area contributed by atoms with E-state index in [1.807, 2.05) is 0 Å². The van der Waals surface area contributed by atoms with Crippen LogP contribution >= 0.6 is 15.9 Å². The molecular weight excluding hydrogens is 324 g/mol. The highest BCUT2D eigenvalue weighted by molar-refractivity contribution is 9.10. The molecule has 2 nitrogen and oxygen atoms in total. The van der Waals surface area contributed by atoms with Gasteiger partial charge in [0.25, 0.3) is 0 Å². The Morgan fingerprint density at radius 1 is 1.10 bits per heavy atom. The molecule has 1 aromatic carbocycles. The van der Waals surface area contributed by atoms with Gasteiger partial charge >= 0.3 is 0 Å². The lowest BCUT2D eigenvalue weighted by Gasteiger charge is -2.27. The number of benzene rings is 1. The highest BCUT2D eigenvalue weighted by Gasteiger charge is 2.15. The molecule has 0 aliphatic rings. The second-order valence-corrected chi connectivity index (χ2v) is 9.12. The molecule has 120 valence electrons. The quantitative estimate of drug-likeness (QED) is 0.815. The fourth-order valence-electron chi connectivity index (χ4n) is 2.35. The van der Waals surface area contributed by atoms with Crippen molar-refractivity contribution < 1.29 is 0 Å². The number of halogens is 1. The van der Waals surface area contributed by atoms with Crippen molar-refractivity contribution in [2.24, 2.45) is 5.41 Å². The second kappa shape index (κ2) is 7.26. The maximum Gasteiger partial charge on any atom is 0.0242 e. The van der Waals surface area contributed by atoms with Crippen molar-refractivity contribution >= 4 is 15.9 Å². The van der Waals surface area contributed by atoms with Crippen LogP contribution in [0.1, 0.15) is 52.7 Å². The molecule has 0 atom stereocenters. The van der Waals surface area contributed by atoms with Crippen LogP contribution in [0.4, 0.5) is 0 Å². The Hall–Kier alpha value is -0.380. The van der Waals surface area contributed by atoms with Gasteiger partial charge in [0.2, 0.25) is 0 Å². The Morgan fingerprint density at radius 3 is 2.19 bits per heavy atom. The molecule has 0 spiro atoms. The van der Waals surface area contributed by atoms with Gasteiger partial charge in [-0.1, -0.05) is 48.8 Å². The highest BCUT2D eigenvalue weighted by atomic mass is 79.9. The summed E-state index contributed by atoms with van der Waals surface area (Å²) < 4.78 is 1.21. The molecule has 0 heterocycles. The summed E-state index contributed by atoms with van der Waals surface area (Å²) in [6, 6.07) is 6.70.